The van der Waals surface area contributed by atoms with Gasteiger partial charge >= 0.3 is 0 Å². The molecule has 94 valence electrons. The van der Waals surface area contributed by atoms with E-state index in [0.29, 0.717) is 11.8 Å². The minimum absolute atomic E-state index is 0.429. The smallest absolute Gasteiger partial charge is 0.0962 e. The van der Waals surface area contributed by atoms with Crippen molar-refractivity contribution in [2.45, 2.75) is 18.3 Å². The minimum atomic E-state index is 0.429. The molecular weight excluding hydrogens is 264 g/mol. The molecule has 1 fully saturated rings. The second kappa shape index (κ2) is 5.39. The third kappa shape index (κ3) is 2.30. The van der Waals surface area contributed by atoms with Crippen LogP contribution in [0.3, 0.4) is 0 Å². The van der Waals surface area contributed by atoms with Crippen molar-refractivity contribution in [1.29, 1.82) is 0 Å². The van der Waals surface area contributed by atoms with Crippen molar-refractivity contribution >= 4 is 22.9 Å². The van der Waals surface area contributed by atoms with Crippen molar-refractivity contribution in [3.05, 3.63) is 51.4 Å². The lowest BCUT2D eigenvalue weighted by molar-refractivity contribution is 0.403. The summed E-state index contributed by atoms with van der Waals surface area (Å²) in [5, 5.41) is 7.63. The molecule has 2 atom stereocenters. The predicted molar refractivity (Wildman–Crippen MR) is 76.5 cm³/mol. The number of nitrogens with one attached hydrogen (secondary N) is 1. The minimum Gasteiger partial charge on any atom is -0.316 e. The van der Waals surface area contributed by atoms with Crippen LogP contribution in [0, 0.1) is 0 Å². The zero-order valence-corrected chi connectivity index (χ0v) is 11.5. The van der Waals surface area contributed by atoms with Crippen molar-refractivity contribution in [3.63, 3.8) is 0 Å². The van der Waals surface area contributed by atoms with Crippen molar-refractivity contribution in [1.82, 2.24) is 10.3 Å². The first-order valence-electron chi connectivity index (χ1n) is 6.21. The fraction of sp³-hybridized carbons (Fsp3) is 0.357. The molecule has 1 saturated heterocycles. The Balaban J connectivity index is 1.95. The number of hydrogen-bond acceptors (Lipinski definition) is 3. The molecular formula is C14H15ClN2S. The maximum Gasteiger partial charge on any atom is 0.0962 e. The third-order valence-corrected chi connectivity index (χ3v) is 4.81. The first kappa shape index (κ1) is 12.2. The zero-order valence-electron chi connectivity index (χ0n) is 9.97. The normalized spacial score (nSPS) is 24.1. The van der Waals surface area contributed by atoms with Crippen LogP contribution in [0.4, 0.5) is 0 Å². The Morgan fingerprint density at radius 2 is 2.17 bits per heavy atom. The lowest BCUT2D eigenvalue weighted by atomic mass is 9.82. The summed E-state index contributed by atoms with van der Waals surface area (Å²) >= 11 is 8.09. The summed E-state index contributed by atoms with van der Waals surface area (Å²) < 4.78 is 0. The molecule has 2 aromatic rings. The number of hydrogen-bond donors (Lipinski definition) is 1. The van der Waals surface area contributed by atoms with Gasteiger partial charge in [0.25, 0.3) is 0 Å². The molecule has 1 aliphatic rings. The lowest BCUT2D eigenvalue weighted by Gasteiger charge is -2.31. The van der Waals surface area contributed by atoms with Crippen molar-refractivity contribution in [2.24, 2.45) is 0 Å². The van der Waals surface area contributed by atoms with Crippen LogP contribution in [0.15, 0.2) is 35.8 Å². The number of piperidine rings is 1. The fourth-order valence-corrected chi connectivity index (χ4v) is 3.79. The van der Waals surface area contributed by atoms with E-state index >= 15 is 0 Å². The van der Waals surface area contributed by atoms with Gasteiger partial charge in [0.1, 0.15) is 0 Å². The van der Waals surface area contributed by atoms with E-state index in [4.69, 9.17) is 11.6 Å². The van der Waals surface area contributed by atoms with E-state index in [-0.39, 0.29) is 0 Å². The Morgan fingerprint density at radius 1 is 1.28 bits per heavy atom. The summed E-state index contributed by atoms with van der Waals surface area (Å²) in [4.78, 5) is 4.49. The first-order valence-corrected chi connectivity index (χ1v) is 7.46. The molecule has 0 aliphatic carbocycles. The molecule has 0 amide bonds. The van der Waals surface area contributed by atoms with E-state index in [1.165, 1.54) is 10.6 Å². The Kier molecular flexibility index (Phi) is 3.64. The highest BCUT2D eigenvalue weighted by molar-refractivity contribution is 7.09. The Labute approximate surface area is 116 Å². The summed E-state index contributed by atoms with van der Waals surface area (Å²) in [7, 11) is 0. The molecule has 0 saturated carbocycles. The van der Waals surface area contributed by atoms with Gasteiger partial charge in [-0.2, -0.15) is 0 Å². The highest BCUT2D eigenvalue weighted by Crippen LogP contribution is 2.40. The molecule has 0 radical (unpaired) electrons. The fourth-order valence-electron chi connectivity index (χ4n) is 2.67. The van der Waals surface area contributed by atoms with Gasteiger partial charge in [-0.3, -0.25) is 0 Å². The van der Waals surface area contributed by atoms with E-state index < -0.39 is 0 Å². The third-order valence-electron chi connectivity index (χ3n) is 3.56. The molecule has 3 rings (SSSR count). The van der Waals surface area contributed by atoms with Gasteiger partial charge in [0.15, 0.2) is 0 Å². The van der Waals surface area contributed by atoms with E-state index in [1.54, 1.807) is 11.3 Å². The topological polar surface area (TPSA) is 24.9 Å². The van der Waals surface area contributed by atoms with Gasteiger partial charge in [-0.05, 0) is 24.6 Å². The van der Waals surface area contributed by atoms with Crippen LogP contribution >= 0.6 is 22.9 Å². The Morgan fingerprint density at radius 3 is 2.94 bits per heavy atom. The van der Waals surface area contributed by atoms with Crippen molar-refractivity contribution < 1.29 is 0 Å². The van der Waals surface area contributed by atoms with Gasteiger partial charge in [-0.15, -0.1) is 11.3 Å². The van der Waals surface area contributed by atoms with Gasteiger partial charge in [-0.25, -0.2) is 4.98 Å². The second-order valence-electron chi connectivity index (χ2n) is 4.60. The molecule has 0 bridgehead atoms. The van der Waals surface area contributed by atoms with Crippen LogP contribution in [0.5, 0.6) is 0 Å². The summed E-state index contributed by atoms with van der Waals surface area (Å²) in [6.45, 7) is 2.04. The van der Waals surface area contributed by atoms with Crippen LogP contribution in [-0.4, -0.2) is 18.1 Å². The molecule has 1 aromatic heterocycles. The lowest BCUT2D eigenvalue weighted by Crippen LogP contribution is -2.34. The van der Waals surface area contributed by atoms with Crippen LogP contribution in [0.25, 0.3) is 0 Å². The Bertz CT molecular complexity index is 512. The molecule has 0 spiro atoms. The second-order valence-corrected chi connectivity index (χ2v) is 5.93. The molecule has 1 aliphatic heterocycles. The van der Waals surface area contributed by atoms with Crippen molar-refractivity contribution in [2.75, 3.05) is 13.1 Å². The maximum absolute atomic E-state index is 6.34. The Hall–Kier alpha value is -0.900. The van der Waals surface area contributed by atoms with E-state index in [2.05, 4.69) is 27.8 Å². The standard InChI is InChI=1S/C14H15ClN2S/c15-13-4-2-1-3-10(13)12-9-16-6-5-11(12)14-17-7-8-18-14/h1-4,7-8,11-12,16H,5-6,9H2. The van der Waals surface area contributed by atoms with Gasteiger partial charge in [-0.1, -0.05) is 29.8 Å². The molecule has 2 unspecified atom stereocenters. The largest absolute Gasteiger partial charge is 0.316 e. The van der Waals surface area contributed by atoms with E-state index in [1.807, 2.05) is 18.3 Å². The maximum atomic E-state index is 6.34. The number of rotatable bonds is 2. The van der Waals surface area contributed by atoms with Crippen LogP contribution in [-0.2, 0) is 0 Å². The van der Waals surface area contributed by atoms with E-state index in [0.717, 1.165) is 24.5 Å². The van der Waals surface area contributed by atoms with E-state index in [9.17, 15) is 0 Å². The first-order chi connectivity index (χ1) is 8.86. The summed E-state index contributed by atoms with van der Waals surface area (Å²) in [6, 6.07) is 8.17. The quantitative estimate of drug-likeness (QED) is 0.907. The zero-order chi connectivity index (χ0) is 12.4. The SMILES string of the molecule is Clc1ccccc1C1CNCCC1c1nccs1. The monoisotopic (exact) mass is 278 g/mol. The summed E-state index contributed by atoms with van der Waals surface area (Å²) in [5.74, 6) is 0.921. The number of thiazole rings is 1. The summed E-state index contributed by atoms with van der Waals surface area (Å²) in [6.07, 6.45) is 3.02. The van der Waals surface area contributed by atoms with Crippen LogP contribution in [0.2, 0.25) is 5.02 Å². The average molecular weight is 279 g/mol. The molecule has 1 aromatic carbocycles. The predicted octanol–water partition coefficient (Wildman–Crippen LogP) is 3.66. The highest BCUT2D eigenvalue weighted by atomic mass is 35.5. The highest BCUT2D eigenvalue weighted by Gasteiger charge is 2.30. The molecule has 2 nitrogen and oxygen atoms in total. The number of nitrogens with zero attached hydrogens (tertiary/aromatic N) is 1. The van der Waals surface area contributed by atoms with Crippen LogP contribution in [0.1, 0.15) is 28.8 Å². The van der Waals surface area contributed by atoms with Gasteiger partial charge in [0, 0.05) is 35.0 Å². The van der Waals surface area contributed by atoms with Gasteiger partial charge < -0.3 is 5.32 Å². The molecule has 4 heteroatoms. The number of benzene rings is 1. The summed E-state index contributed by atoms with van der Waals surface area (Å²) in [5.41, 5.74) is 1.24. The van der Waals surface area contributed by atoms with Gasteiger partial charge in [0.2, 0.25) is 0 Å². The number of aromatic nitrogens is 1. The molecule has 18 heavy (non-hydrogen) atoms. The number of halogens is 1. The van der Waals surface area contributed by atoms with Crippen LogP contribution < -0.4 is 5.32 Å². The van der Waals surface area contributed by atoms with Crippen molar-refractivity contribution in [3.8, 4) is 0 Å². The molecule has 1 N–H and O–H groups in total. The van der Waals surface area contributed by atoms with Gasteiger partial charge in [0.05, 0.1) is 5.01 Å². The molecule has 2 heterocycles. The average Bonchev–Trinajstić information content (AvgIpc) is 2.93.